The van der Waals surface area contributed by atoms with Crippen LogP contribution in [0.4, 0.5) is 0 Å². The van der Waals surface area contributed by atoms with E-state index in [0.29, 0.717) is 28.9 Å². The molecule has 0 radical (unpaired) electrons. The molecule has 0 saturated carbocycles. The first kappa shape index (κ1) is 21.0. The van der Waals surface area contributed by atoms with Crippen molar-refractivity contribution in [2.24, 2.45) is 16.1 Å². The first-order chi connectivity index (χ1) is 12.9. The molecule has 0 spiro atoms. The number of carbonyl (C=O) groups excluding carboxylic acids is 2. The summed E-state index contributed by atoms with van der Waals surface area (Å²) in [7, 11) is 1.24. The van der Waals surface area contributed by atoms with Crippen LogP contribution in [0.2, 0.25) is 5.02 Å². The molecule has 1 aromatic carbocycles. The molecule has 0 bridgehead atoms. The lowest BCUT2D eigenvalue weighted by Gasteiger charge is -2.10. The molecule has 2 rings (SSSR count). The van der Waals surface area contributed by atoms with Gasteiger partial charge in [0.05, 0.1) is 24.8 Å². The van der Waals surface area contributed by atoms with Crippen LogP contribution >= 0.6 is 23.4 Å². The van der Waals surface area contributed by atoms with Gasteiger partial charge in [0, 0.05) is 16.7 Å². The number of halogens is 1. The van der Waals surface area contributed by atoms with Gasteiger partial charge in [-0.1, -0.05) is 25.4 Å². The highest BCUT2D eigenvalue weighted by Crippen LogP contribution is 2.24. The molecule has 1 aliphatic rings. The van der Waals surface area contributed by atoms with Gasteiger partial charge in [-0.2, -0.15) is 5.10 Å². The van der Waals surface area contributed by atoms with Crippen molar-refractivity contribution in [1.29, 1.82) is 0 Å². The Morgan fingerprint density at radius 2 is 2.19 bits per heavy atom. The summed E-state index contributed by atoms with van der Waals surface area (Å²) < 4.78 is 10.3. The topological polar surface area (TPSA) is 89.3 Å². The number of nitrogens with zero attached hydrogens (tertiary/aromatic N) is 2. The number of esters is 1. The molecule has 0 aromatic heterocycles. The van der Waals surface area contributed by atoms with Crippen molar-refractivity contribution in [3.05, 3.63) is 39.8 Å². The van der Waals surface area contributed by atoms with Crippen molar-refractivity contribution in [3.8, 4) is 5.75 Å². The van der Waals surface area contributed by atoms with Crippen molar-refractivity contribution in [1.82, 2.24) is 5.32 Å². The van der Waals surface area contributed by atoms with Crippen molar-refractivity contribution >= 4 is 46.6 Å². The Morgan fingerprint density at radius 1 is 1.41 bits per heavy atom. The number of amides is 1. The van der Waals surface area contributed by atoms with Crippen LogP contribution < -0.4 is 10.1 Å². The Bertz CT molecular complexity index is 806. The summed E-state index contributed by atoms with van der Waals surface area (Å²) in [5.41, 5.74) is 0.676. The van der Waals surface area contributed by atoms with Crippen LogP contribution in [0.15, 0.2) is 39.4 Å². The molecule has 0 unspecified atom stereocenters. The first-order valence-electron chi connectivity index (χ1n) is 8.21. The van der Waals surface area contributed by atoms with Crippen LogP contribution in [0.3, 0.4) is 0 Å². The number of amidine groups is 1. The molecule has 0 atom stereocenters. The number of nitrogens with one attached hydrogen (secondary N) is 1. The number of benzene rings is 1. The molecule has 9 heteroatoms. The molecule has 7 nitrogen and oxygen atoms in total. The van der Waals surface area contributed by atoms with Crippen LogP contribution in [-0.2, 0) is 14.3 Å². The van der Waals surface area contributed by atoms with Gasteiger partial charge in [0.1, 0.15) is 5.75 Å². The Balaban J connectivity index is 2.08. The molecule has 27 heavy (non-hydrogen) atoms. The van der Waals surface area contributed by atoms with E-state index in [9.17, 15) is 9.59 Å². The first-order valence-corrected chi connectivity index (χ1v) is 9.40. The van der Waals surface area contributed by atoms with Crippen LogP contribution in [-0.4, -0.2) is 37.0 Å². The van der Waals surface area contributed by atoms with E-state index in [1.807, 2.05) is 0 Å². The monoisotopic (exact) mass is 409 g/mol. The fourth-order valence-corrected chi connectivity index (χ4v) is 2.86. The summed E-state index contributed by atoms with van der Waals surface area (Å²) in [5.74, 6) is 0.147. The molecule has 144 valence electrons. The molecular formula is C18H20ClN3O4S. The summed E-state index contributed by atoms with van der Waals surface area (Å²) in [6.07, 6.45) is 3.53. The highest BCUT2D eigenvalue weighted by atomic mass is 35.5. The van der Waals surface area contributed by atoms with E-state index >= 15 is 0 Å². The van der Waals surface area contributed by atoms with Crippen molar-refractivity contribution < 1.29 is 19.1 Å². The molecule has 1 amide bonds. The molecule has 1 N–H and O–H groups in total. The number of ether oxygens (including phenoxy) is 2. The summed E-state index contributed by atoms with van der Waals surface area (Å²) in [5, 5.41) is 11.3. The number of rotatable bonds is 7. The average Bonchev–Trinajstić information content (AvgIpc) is 2.95. The standard InChI is InChI=1S/C18H20ClN3O4S/c1-11(2)6-7-26-14-5-4-13(19)8-12(14)10-20-22-18-21-17(24)15(27-18)9-16(23)25-3/h4-5,8-11H,6-7H2,1-3H3,(H,21,22,24)/b15-9+,20-10?. The van der Waals surface area contributed by atoms with E-state index in [-0.39, 0.29) is 10.1 Å². The van der Waals surface area contributed by atoms with E-state index in [1.54, 1.807) is 18.2 Å². The van der Waals surface area contributed by atoms with Gasteiger partial charge in [0.25, 0.3) is 5.91 Å². The number of hydrogen-bond acceptors (Lipinski definition) is 7. The van der Waals surface area contributed by atoms with Gasteiger partial charge in [-0.3, -0.25) is 10.1 Å². The predicted molar refractivity (Wildman–Crippen MR) is 107 cm³/mol. The molecular weight excluding hydrogens is 390 g/mol. The third-order valence-corrected chi connectivity index (χ3v) is 4.51. The van der Waals surface area contributed by atoms with Gasteiger partial charge in [-0.05, 0) is 42.3 Å². The highest BCUT2D eigenvalue weighted by Gasteiger charge is 2.25. The van der Waals surface area contributed by atoms with Crippen molar-refractivity contribution in [3.63, 3.8) is 0 Å². The SMILES string of the molecule is COC(=O)/C=C1/S/C(=N\N=Cc2cc(Cl)ccc2OCCC(C)C)NC1=O. The molecule has 1 fully saturated rings. The Labute approximate surface area is 166 Å². The number of hydrogen-bond donors (Lipinski definition) is 1. The van der Waals surface area contributed by atoms with E-state index in [2.05, 4.69) is 34.1 Å². The number of methoxy groups -OCH3 is 1. The Morgan fingerprint density at radius 3 is 2.89 bits per heavy atom. The largest absolute Gasteiger partial charge is 0.493 e. The Hall–Kier alpha value is -2.32. The van der Waals surface area contributed by atoms with Gasteiger partial charge in [-0.15, -0.1) is 5.10 Å². The van der Waals surface area contributed by atoms with Crippen LogP contribution in [0.1, 0.15) is 25.8 Å². The second kappa shape index (κ2) is 10.1. The third-order valence-electron chi connectivity index (χ3n) is 3.37. The normalized spacial score (nSPS) is 17.1. The molecule has 1 aromatic rings. The quantitative estimate of drug-likeness (QED) is 0.323. The minimum Gasteiger partial charge on any atom is -0.493 e. The summed E-state index contributed by atoms with van der Waals surface area (Å²) >= 11 is 7.04. The van der Waals surface area contributed by atoms with Gasteiger partial charge in [0.2, 0.25) is 0 Å². The lowest BCUT2D eigenvalue weighted by atomic mass is 10.1. The van der Waals surface area contributed by atoms with Crippen molar-refractivity contribution in [2.45, 2.75) is 20.3 Å². The van der Waals surface area contributed by atoms with Crippen LogP contribution in [0.5, 0.6) is 5.75 Å². The summed E-state index contributed by atoms with van der Waals surface area (Å²) in [6, 6.07) is 5.24. The minimum absolute atomic E-state index is 0.191. The van der Waals surface area contributed by atoms with Gasteiger partial charge >= 0.3 is 5.97 Å². The lowest BCUT2D eigenvalue weighted by Crippen LogP contribution is -2.19. The molecule has 1 saturated heterocycles. The van der Waals surface area contributed by atoms with Gasteiger partial charge in [0.15, 0.2) is 5.17 Å². The predicted octanol–water partition coefficient (Wildman–Crippen LogP) is 3.37. The summed E-state index contributed by atoms with van der Waals surface area (Å²) in [4.78, 5) is 23.2. The zero-order chi connectivity index (χ0) is 19.8. The maximum atomic E-state index is 11.8. The number of carbonyl (C=O) groups is 2. The van der Waals surface area contributed by atoms with E-state index in [4.69, 9.17) is 16.3 Å². The Kier molecular flexibility index (Phi) is 7.87. The maximum absolute atomic E-state index is 11.8. The van der Waals surface area contributed by atoms with E-state index < -0.39 is 11.9 Å². The summed E-state index contributed by atoms with van der Waals surface area (Å²) in [6.45, 7) is 4.84. The van der Waals surface area contributed by atoms with Gasteiger partial charge in [-0.25, -0.2) is 4.79 Å². The highest BCUT2D eigenvalue weighted by molar-refractivity contribution is 8.18. The van der Waals surface area contributed by atoms with Crippen LogP contribution in [0.25, 0.3) is 0 Å². The second-order valence-corrected chi connectivity index (χ2v) is 7.42. The number of thioether (sulfide) groups is 1. The zero-order valence-electron chi connectivity index (χ0n) is 15.2. The fourth-order valence-electron chi connectivity index (χ4n) is 1.94. The molecule has 1 aliphatic heterocycles. The smallest absolute Gasteiger partial charge is 0.331 e. The fraction of sp³-hybridized carbons (Fsp3) is 0.333. The second-order valence-electron chi connectivity index (χ2n) is 5.95. The van der Waals surface area contributed by atoms with Crippen molar-refractivity contribution in [2.75, 3.05) is 13.7 Å². The van der Waals surface area contributed by atoms with E-state index in [1.165, 1.54) is 13.3 Å². The lowest BCUT2D eigenvalue weighted by molar-refractivity contribution is -0.135. The minimum atomic E-state index is -0.612. The molecule has 0 aliphatic carbocycles. The van der Waals surface area contributed by atoms with Crippen LogP contribution in [0, 0.1) is 5.92 Å². The van der Waals surface area contributed by atoms with E-state index in [0.717, 1.165) is 24.3 Å². The third kappa shape index (κ3) is 6.73. The zero-order valence-corrected chi connectivity index (χ0v) is 16.8. The van der Waals surface area contributed by atoms with Gasteiger partial charge < -0.3 is 9.47 Å². The maximum Gasteiger partial charge on any atom is 0.331 e. The average molecular weight is 410 g/mol. The molecule has 1 heterocycles.